The standard InChI is InChI=1S/C34H35Cl3N4O10S.C31H34N4O8S.Zn/c1-13-6-16-7-18-19(8-38)41-20-9-47-32(44)17(39-33(45)48-11-34(35,36)37)10-52-31(25(41)24(40(18)4)21(16)26(43)27(13)46-5)23-22(20)30-29(49-12-50-30)14(2)28(23)51-15(3)42;1-12-6-15-7-17-18(8-32)35-19-9-40-31(38)16(33)10-44-30(24(35)23(34(17)4)20(15)25(37)26(12)39-5)22-21(19)29-28(41-11-42-29)13(2)27(22)43-14(3)36;/h6,17-20,24-25,31,43H,7,9-12H2,1-5H3,(H,39,45);6,16-19,23-24,30,37H,7,9-11,33H2,1-5H3;/t17-,18-,19-,20-,24+,25?,31+;16?,17-,18-,19-,23+,24?,30+;/m00./s1. The van der Waals surface area contributed by atoms with Crippen molar-refractivity contribution in [2.75, 3.05) is 73.2 Å². The maximum Gasteiger partial charge on any atom is 0.408 e. The van der Waals surface area contributed by atoms with Crippen molar-refractivity contribution < 1.29 is 106 Å². The van der Waals surface area contributed by atoms with E-state index in [4.69, 9.17) is 92.6 Å². The number of nitrogens with two attached hydrogens (primary N) is 1. The number of nitrogens with zero attached hydrogens (tertiary/aromatic N) is 6. The summed E-state index contributed by atoms with van der Waals surface area (Å²) in [7, 11) is 6.93. The minimum atomic E-state index is -1.88. The van der Waals surface area contributed by atoms with Crippen molar-refractivity contribution in [2.24, 2.45) is 5.73 Å². The largest absolute Gasteiger partial charge is 0.504 e. The first-order valence-electron chi connectivity index (χ1n) is 30.9. The van der Waals surface area contributed by atoms with Gasteiger partial charge in [0.15, 0.2) is 46.0 Å². The summed E-state index contributed by atoms with van der Waals surface area (Å²) >= 11 is 20.0. The Balaban J connectivity index is 0.000000185. The van der Waals surface area contributed by atoms with Crippen LogP contribution >= 0.6 is 58.3 Å². The van der Waals surface area contributed by atoms with E-state index in [0.717, 1.165) is 33.4 Å². The van der Waals surface area contributed by atoms with Crippen LogP contribution < -0.4 is 48.9 Å². The molecule has 0 spiro atoms. The number of rotatable bonds is 6. The molecule has 26 nitrogen and oxygen atoms in total. The summed E-state index contributed by atoms with van der Waals surface area (Å²) in [5.74, 6) is 0.945. The fourth-order valence-electron chi connectivity index (χ4n) is 16.4. The summed E-state index contributed by atoms with van der Waals surface area (Å²) in [6.45, 7) is 8.90. The molecule has 4 aromatic carbocycles. The normalized spacial score (nSPS) is 28.6. The number of hydrogen-bond donors (Lipinski definition) is 4. The number of aromatic hydroxyl groups is 2. The number of alkyl carbamates (subject to hydrolysis) is 1. The number of halogens is 3. The van der Waals surface area contributed by atoms with E-state index in [1.54, 1.807) is 6.92 Å². The average molecular weight is 1490 g/mol. The first-order valence-corrected chi connectivity index (χ1v) is 34.2. The molecule has 14 rings (SSSR count). The monoisotopic (exact) mass is 1480 g/mol. The van der Waals surface area contributed by atoms with Crippen molar-refractivity contribution in [2.45, 2.75) is 141 Å². The predicted molar refractivity (Wildman–Crippen MR) is 346 cm³/mol. The Morgan fingerprint density at radius 2 is 1.08 bits per heavy atom. The van der Waals surface area contributed by atoms with Crippen LogP contribution in [0.5, 0.6) is 57.5 Å². The zero-order valence-corrected chi connectivity index (χ0v) is 61.3. The Bertz CT molecular complexity index is 4060. The van der Waals surface area contributed by atoms with Gasteiger partial charge in [0.2, 0.25) is 17.4 Å². The van der Waals surface area contributed by atoms with Crippen LogP contribution in [0.4, 0.5) is 4.79 Å². The third-order valence-electron chi connectivity index (χ3n) is 20.0. The number of hydrogen-bond acceptors (Lipinski definition) is 27. The molecule has 0 saturated carbocycles. The maximum absolute atomic E-state index is 13.7. The molecular formula is C65H69Cl3N8O18S2Zn. The Morgan fingerprint density at radius 3 is 1.49 bits per heavy atom. The summed E-state index contributed by atoms with van der Waals surface area (Å²) in [6.07, 6.45) is -0.0307. The summed E-state index contributed by atoms with van der Waals surface area (Å²) < 4.78 is 62.2. The first kappa shape index (κ1) is 70.3. The van der Waals surface area contributed by atoms with Gasteiger partial charge in [-0.05, 0) is 76.9 Å². The second-order valence-electron chi connectivity index (χ2n) is 25.3. The van der Waals surface area contributed by atoms with Gasteiger partial charge in [0, 0.05) is 114 Å². The molecule has 32 heteroatoms. The van der Waals surface area contributed by atoms with E-state index in [9.17, 15) is 44.7 Å². The van der Waals surface area contributed by atoms with Crippen LogP contribution in [0.25, 0.3) is 0 Å². The van der Waals surface area contributed by atoms with E-state index < -0.39 is 111 Å². The average Bonchev–Trinajstić information content (AvgIpc) is 1.31. The molecule has 0 radical (unpaired) electrons. The summed E-state index contributed by atoms with van der Waals surface area (Å²) in [5, 5.41) is 46.8. The van der Waals surface area contributed by atoms with Crippen molar-refractivity contribution in [3.63, 3.8) is 0 Å². The molecule has 4 fully saturated rings. The number of fused-ring (bicyclic) bond motifs is 18. The number of aryl methyl sites for hydroxylation is 2. The number of benzene rings is 4. The number of amides is 1. The number of likely N-dealkylation sites (N-methyl/N-ethyl adjacent to an activating group) is 2. The van der Waals surface area contributed by atoms with Gasteiger partial charge >= 0.3 is 30.0 Å². The second-order valence-corrected chi connectivity index (χ2v) is 30.1. The molecule has 0 aromatic heterocycles. The third kappa shape index (κ3) is 11.5. The molecule has 14 atom stereocenters. The van der Waals surface area contributed by atoms with Gasteiger partial charge in [0.05, 0.1) is 61.0 Å². The number of phenolic OH excluding ortho intramolecular Hbond substituents is 2. The molecule has 5 N–H and O–H groups in total. The molecule has 3 unspecified atom stereocenters. The number of cyclic esters (lactones) is 2. The van der Waals surface area contributed by atoms with Crippen LogP contribution in [0.2, 0.25) is 0 Å². The fourth-order valence-corrected chi connectivity index (χ4v) is 19.5. The van der Waals surface area contributed by atoms with Crippen LogP contribution in [0.1, 0.15) is 115 Å². The van der Waals surface area contributed by atoms with Gasteiger partial charge in [-0.3, -0.25) is 34.0 Å². The van der Waals surface area contributed by atoms with Crippen molar-refractivity contribution in [3.05, 3.63) is 78.9 Å². The molecule has 10 heterocycles. The zero-order chi connectivity index (χ0) is 68.6. The number of thioether (sulfide) groups is 2. The third-order valence-corrected chi connectivity index (χ3v) is 23.2. The van der Waals surface area contributed by atoms with Crippen molar-refractivity contribution >= 4 is 88.3 Å². The Morgan fingerprint density at radius 1 is 0.660 bits per heavy atom. The van der Waals surface area contributed by atoms with Crippen LogP contribution in [-0.2, 0) is 65.7 Å². The number of carbonyl (C=O) groups is 5. The van der Waals surface area contributed by atoms with Gasteiger partial charge in [0.25, 0.3) is 0 Å². The summed E-state index contributed by atoms with van der Waals surface area (Å²) in [4.78, 5) is 73.2. The molecule has 4 saturated heterocycles. The predicted octanol–water partition coefficient (Wildman–Crippen LogP) is 7.25. The molecule has 4 aromatic rings. The summed E-state index contributed by atoms with van der Waals surface area (Å²) in [6, 6.07) is 1.67. The van der Waals surface area contributed by atoms with Crippen molar-refractivity contribution in [1.82, 2.24) is 24.9 Å². The second kappa shape index (κ2) is 26.8. The van der Waals surface area contributed by atoms with Gasteiger partial charge in [-0.2, -0.15) is 10.5 Å². The van der Waals surface area contributed by atoms with Crippen molar-refractivity contribution in [3.8, 4) is 69.6 Å². The summed E-state index contributed by atoms with van der Waals surface area (Å²) in [5.41, 5.74) is 14.8. The Kier molecular flexibility index (Phi) is 19.4. The van der Waals surface area contributed by atoms with Gasteiger partial charge in [-0.25, -0.2) is 9.59 Å². The number of phenols is 2. The molecule has 10 aliphatic rings. The van der Waals surface area contributed by atoms with Gasteiger partial charge in [-0.1, -0.05) is 46.9 Å². The topological polar surface area (TPSA) is 326 Å². The number of methoxy groups -OCH3 is 2. The van der Waals surface area contributed by atoms with Crippen LogP contribution in [0, 0.1) is 50.4 Å². The molecular weight excluding hydrogens is 1420 g/mol. The number of nitriles is 2. The minimum absolute atomic E-state index is 0. The maximum atomic E-state index is 13.7. The number of alkyl halides is 3. The van der Waals surface area contributed by atoms with Gasteiger partial charge in [-0.15, -0.1) is 23.5 Å². The minimum Gasteiger partial charge on any atom is -0.504 e. The number of nitrogens with one attached hydrogen (secondary N) is 1. The van der Waals surface area contributed by atoms with E-state index in [2.05, 4.69) is 37.1 Å². The van der Waals surface area contributed by atoms with Crippen LogP contribution in [0.3, 0.4) is 0 Å². The Labute approximate surface area is 594 Å². The van der Waals surface area contributed by atoms with E-state index in [-0.39, 0.29) is 87.1 Å². The van der Waals surface area contributed by atoms with E-state index in [0.29, 0.717) is 86.5 Å². The van der Waals surface area contributed by atoms with Crippen LogP contribution in [0.15, 0.2) is 12.1 Å². The molecule has 10 aliphatic heterocycles. The quantitative estimate of drug-likeness (QED) is 0.0485. The zero-order valence-electron chi connectivity index (χ0n) is 54.4. The molecule has 97 heavy (non-hydrogen) atoms. The molecule has 8 bridgehead atoms. The molecule has 0 aliphatic carbocycles. The number of carbonyl (C=O) groups excluding carboxylic acids is 5. The van der Waals surface area contributed by atoms with Gasteiger partial charge < -0.3 is 73.4 Å². The first-order chi connectivity index (χ1) is 45.7. The molecule has 1 amide bonds. The van der Waals surface area contributed by atoms with Gasteiger partial charge in [0.1, 0.15) is 55.5 Å². The van der Waals surface area contributed by atoms with Crippen LogP contribution in [-0.4, -0.2) is 185 Å². The Hall–Kier alpha value is -6.60. The smallest absolute Gasteiger partial charge is 0.408 e. The fraction of sp³-hybridized carbons (Fsp3) is 0.523. The SMILES string of the molecule is COc1c(C)cc2c(c1O)[C@@H]1C3[C@@H]4SCC(N)C(=O)OC[C@@H](c5c6c(c(C)c(OC(C)=O)c54)OCO6)N3[C@@H](C#N)[C@H](C2)N1C.COc1c(C)cc2c(c1O)[C@@H]1C3[C@@H]4SC[C@H](NC(=O)OCC(Cl)(Cl)Cl)C(=O)OC[C@@H](c5c6c(c(C)c(OC(C)=O)c54)OCO6)N3[C@@H](C#N)[C@H](C2)N1C.[Zn]. The van der Waals surface area contributed by atoms with E-state index in [1.165, 1.54) is 51.6 Å². The molecule has 512 valence electrons. The number of ether oxygens (including phenoxy) is 11. The number of piperazine rings is 2. The number of esters is 4. The van der Waals surface area contributed by atoms with E-state index >= 15 is 0 Å². The van der Waals surface area contributed by atoms with E-state index in [1.807, 2.05) is 47.0 Å². The van der Waals surface area contributed by atoms with Crippen molar-refractivity contribution in [1.29, 1.82) is 10.5 Å².